The maximum atomic E-state index is 9.63. The van der Waals surface area contributed by atoms with Crippen LogP contribution < -0.4 is 0 Å². The summed E-state index contributed by atoms with van der Waals surface area (Å²) >= 11 is 1.71. The van der Waals surface area contributed by atoms with Crippen LogP contribution in [0.1, 0.15) is 0 Å². The minimum Gasteiger partial charge on any atom is -0.478 e. The minimum atomic E-state index is -0.873. The van der Waals surface area contributed by atoms with Gasteiger partial charge < -0.3 is 5.11 Å². The minimum absolute atomic E-state index is 0.315. The summed E-state index contributed by atoms with van der Waals surface area (Å²) < 4.78 is 0. The zero-order chi connectivity index (χ0) is 8.69. The van der Waals surface area contributed by atoms with E-state index in [2.05, 4.69) is 6.58 Å². The quantitative estimate of drug-likeness (QED) is 0.518. The maximum Gasteiger partial charge on any atom is 0.325 e. The van der Waals surface area contributed by atoms with Gasteiger partial charge in [-0.1, -0.05) is 18.7 Å². The molecule has 0 aliphatic heterocycles. The molecule has 1 rings (SSSR count). The van der Waals surface area contributed by atoms with Gasteiger partial charge >= 0.3 is 5.97 Å². The highest BCUT2D eigenvalue weighted by atomic mass is 32.1. The third-order valence-corrected chi connectivity index (χ3v) is 1.85. The summed E-state index contributed by atoms with van der Waals surface area (Å²) in [5, 5.41) is 12.3. The molecule has 0 spiro atoms. The molecule has 0 saturated carbocycles. The monoisotopic (exact) mass is 186 g/mol. The normalized spacial score (nSPS) is 8.00. The molecule has 0 radical (unpaired) electrons. The highest BCUT2D eigenvalue weighted by Gasteiger charge is 1.90. The van der Waals surface area contributed by atoms with E-state index in [0.717, 1.165) is 0 Å². The van der Waals surface area contributed by atoms with Crippen LogP contribution in [0.5, 0.6) is 0 Å². The summed E-state index contributed by atoms with van der Waals surface area (Å²) in [6, 6.07) is 4.04. The first-order chi connectivity index (χ1) is 5.14. The van der Waals surface area contributed by atoms with E-state index in [1.165, 1.54) is 0 Å². The van der Waals surface area contributed by atoms with Crippen molar-refractivity contribution in [2.24, 2.45) is 0 Å². The van der Waals surface area contributed by atoms with E-state index in [1.54, 1.807) is 11.3 Å². The zero-order valence-electron chi connectivity index (χ0n) is 6.28. The third-order valence-electron chi connectivity index (χ3n) is 0.790. The summed E-state index contributed by atoms with van der Waals surface area (Å²) in [7, 11) is 0.559. The van der Waals surface area contributed by atoms with E-state index in [1.807, 2.05) is 22.9 Å². The Morgan fingerprint density at radius 1 is 1.45 bits per heavy atom. The lowest BCUT2D eigenvalue weighted by molar-refractivity contribution is -0.131. The lowest BCUT2D eigenvalue weighted by atomic mass is 10.7. The van der Waals surface area contributed by atoms with Crippen LogP contribution in [0.4, 0.5) is 0 Å². The molecule has 0 unspecified atom stereocenters. The van der Waals surface area contributed by atoms with Crippen LogP contribution in [0.2, 0.25) is 0 Å². The zero-order valence-corrected chi connectivity index (χ0v) is 9.10. The predicted molar refractivity (Wildman–Crippen MR) is 51.0 cm³/mol. The van der Waals surface area contributed by atoms with Crippen molar-refractivity contribution in [2.75, 3.05) is 0 Å². The molecule has 1 aromatic rings. The van der Waals surface area contributed by atoms with Crippen molar-refractivity contribution in [3.8, 4) is 0 Å². The van der Waals surface area contributed by atoms with Crippen molar-refractivity contribution in [3.05, 3.63) is 34.7 Å². The van der Waals surface area contributed by atoms with Gasteiger partial charge in [0.15, 0.2) is 0 Å². The van der Waals surface area contributed by atoms with E-state index in [4.69, 9.17) is 5.11 Å². The van der Waals surface area contributed by atoms with Gasteiger partial charge in [-0.25, -0.2) is 4.79 Å². The highest BCUT2D eigenvalue weighted by Crippen LogP contribution is 1.91. The molecule has 0 bridgehead atoms. The fourth-order valence-corrected chi connectivity index (χ4v) is 0.680. The summed E-state index contributed by atoms with van der Waals surface area (Å²) in [6.45, 7) is 3.22. The summed E-state index contributed by atoms with van der Waals surface area (Å²) in [4.78, 5) is 9.63. The SMILES string of the molecule is C=C([SiH3])C(=O)O.c1ccsc1. The van der Waals surface area contributed by atoms with Gasteiger partial charge in [0.1, 0.15) is 0 Å². The maximum absolute atomic E-state index is 9.63. The Morgan fingerprint density at radius 3 is 1.91 bits per heavy atom. The van der Waals surface area contributed by atoms with Crippen LogP contribution >= 0.6 is 11.3 Å². The van der Waals surface area contributed by atoms with E-state index < -0.39 is 5.97 Å². The van der Waals surface area contributed by atoms with Crippen LogP contribution in [-0.4, -0.2) is 21.3 Å². The molecule has 0 aliphatic rings. The molecule has 0 atom stereocenters. The number of carbonyl (C=O) groups is 1. The van der Waals surface area contributed by atoms with Gasteiger partial charge in [0, 0.05) is 15.4 Å². The lowest BCUT2D eigenvalue weighted by Gasteiger charge is -1.79. The Labute approximate surface area is 72.6 Å². The molecule has 0 aliphatic carbocycles. The highest BCUT2D eigenvalue weighted by molar-refractivity contribution is 7.07. The number of hydrogen-bond donors (Lipinski definition) is 1. The molecule has 0 saturated heterocycles. The Kier molecular flexibility index (Phi) is 5.41. The second-order valence-electron chi connectivity index (χ2n) is 1.88. The topological polar surface area (TPSA) is 37.3 Å². The van der Waals surface area contributed by atoms with Crippen LogP contribution in [0.25, 0.3) is 0 Å². The molecule has 1 N–H and O–H groups in total. The van der Waals surface area contributed by atoms with Crippen molar-refractivity contribution in [1.82, 2.24) is 0 Å². The fourth-order valence-electron chi connectivity index (χ4n) is 0.227. The smallest absolute Gasteiger partial charge is 0.325 e. The average molecular weight is 186 g/mol. The number of carboxylic acids is 1. The number of hydrogen-bond acceptors (Lipinski definition) is 2. The van der Waals surface area contributed by atoms with Gasteiger partial charge in [-0.15, -0.1) is 0 Å². The van der Waals surface area contributed by atoms with E-state index >= 15 is 0 Å². The van der Waals surface area contributed by atoms with Crippen LogP contribution in [0, 0.1) is 0 Å². The van der Waals surface area contributed by atoms with Gasteiger partial charge in [0.25, 0.3) is 0 Å². The van der Waals surface area contributed by atoms with Crippen LogP contribution in [0.3, 0.4) is 0 Å². The van der Waals surface area contributed by atoms with Crippen LogP contribution in [-0.2, 0) is 4.79 Å². The van der Waals surface area contributed by atoms with Gasteiger partial charge in [-0.3, -0.25) is 0 Å². The fraction of sp³-hybridized carbons (Fsp3) is 0. The molecular weight excluding hydrogens is 176 g/mol. The third kappa shape index (κ3) is 7.02. The average Bonchev–Trinajstić information content (AvgIpc) is 2.41. The van der Waals surface area contributed by atoms with Gasteiger partial charge in [-0.05, 0) is 10.8 Å². The van der Waals surface area contributed by atoms with Crippen LogP contribution in [0.15, 0.2) is 34.7 Å². The lowest BCUT2D eigenvalue weighted by Crippen LogP contribution is -1.96. The number of carboxylic acid groups (broad SMARTS) is 1. The van der Waals surface area contributed by atoms with Gasteiger partial charge in [0.05, 0.1) is 0 Å². The first-order valence-electron chi connectivity index (χ1n) is 3.00. The van der Waals surface area contributed by atoms with Gasteiger partial charge in [0.2, 0.25) is 0 Å². The predicted octanol–water partition coefficient (Wildman–Crippen LogP) is 0.698. The molecule has 60 valence electrons. The second kappa shape index (κ2) is 5.88. The molecule has 4 heteroatoms. The Hall–Kier alpha value is -0.873. The molecule has 2 nitrogen and oxygen atoms in total. The number of rotatable bonds is 1. The Bertz CT molecular complexity index is 189. The Morgan fingerprint density at radius 2 is 1.82 bits per heavy atom. The van der Waals surface area contributed by atoms with Crippen molar-refractivity contribution in [1.29, 1.82) is 0 Å². The summed E-state index contributed by atoms with van der Waals surface area (Å²) in [5.74, 6) is -0.873. The van der Waals surface area contributed by atoms with Gasteiger partial charge in [-0.2, -0.15) is 11.3 Å². The van der Waals surface area contributed by atoms with Crippen molar-refractivity contribution >= 4 is 27.5 Å². The first kappa shape index (κ1) is 10.1. The molecular formula is C7H10O2SSi. The molecule has 11 heavy (non-hydrogen) atoms. The molecule has 1 aromatic heterocycles. The molecule has 0 amide bonds. The number of thiophene rings is 1. The Balaban J connectivity index is 0.000000183. The molecule has 0 fully saturated rings. The van der Waals surface area contributed by atoms with Crippen molar-refractivity contribution in [2.45, 2.75) is 0 Å². The van der Waals surface area contributed by atoms with E-state index in [0.29, 0.717) is 15.4 Å². The second-order valence-corrected chi connectivity index (χ2v) is 3.90. The molecule has 1 heterocycles. The van der Waals surface area contributed by atoms with E-state index in [-0.39, 0.29) is 0 Å². The number of aliphatic carboxylic acids is 1. The van der Waals surface area contributed by atoms with Crippen molar-refractivity contribution in [3.63, 3.8) is 0 Å². The summed E-state index contributed by atoms with van der Waals surface area (Å²) in [5.41, 5.74) is 0. The van der Waals surface area contributed by atoms with Crippen molar-refractivity contribution < 1.29 is 9.90 Å². The largest absolute Gasteiger partial charge is 0.478 e. The van der Waals surface area contributed by atoms with E-state index in [9.17, 15) is 4.79 Å². The first-order valence-corrected chi connectivity index (χ1v) is 4.95. The summed E-state index contributed by atoms with van der Waals surface area (Å²) in [6.07, 6.45) is 0. The standard InChI is InChI=1S/C4H4S.C3H6O2Si/c1-2-4-5-3-1;1-2(6)3(4)5/h1-4H;1H2,6H3,(H,4,5). The molecule has 0 aromatic carbocycles.